The lowest BCUT2D eigenvalue weighted by Gasteiger charge is -2.17. The Labute approximate surface area is 143 Å². The number of nitro benzene ring substituents is 1. The van der Waals surface area contributed by atoms with Crippen LogP contribution in [0.15, 0.2) is 42.5 Å². The molecule has 0 spiro atoms. The maximum Gasteiger partial charge on any atom is 0.274 e. The molecule has 0 fully saturated rings. The number of nitro groups is 1. The Morgan fingerprint density at radius 2 is 1.87 bits per heavy atom. The van der Waals surface area contributed by atoms with E-state index < -0.39 is 4.92 Å². The van der Waals surface area contributed by atoms with E-state index in [-0.39, 0.29) is 24.6 Å². The number of amides is 1. The molecule has 2 aromatic carbocycles. The summed E-state index contributed by atoms with van der Waals surface area (Å²) in [6.07, 6.45) is 0.104. The summed E-state index contributed by atoms with van der Waals surface area (Å²) in [4.78, 5) is 24.3. The lowest BCUT2D eigenvalue weighted by Crippen LogP contribution is -2.28. The van der Waals surface area contributed by atoms with Gasteiger partial charge in [0.25, 0.3) is 5.69 Å². The average molecular weight is 353 g/mol. The normalized spacial score (nSPS) is 10.4. The van der Waals surface area contributed by atoms with Gasteiger partial charge in [-0.15, -0.1) is 0 Å². The number of hydrogen-bond donors (Lipinski definition) is 0. The molecule has 2 aromatic rings. The average Bonchev–Trinajstić information content (AvgIpc) is 2.50. The highest BCUT2D eigenvalue weighted by Crippen LogP contribution is 2.23. The second-order valence-electron chi connectivity index (χ2n) is 5.05. The van der Waals surface area contributed by atoms with E-state index in [0.717, 1.165) is 0 Å². The summed E-state index contributed by atoms with van der Waals surface area (Å²) in [6, 6.07) is 11.3. The van der Waals surface area contributed by atoms with Crippen LogP contribution in [0.25, 0.3) is 0 Å². The first-order valence-electron chi connectivity index (χ1n) is 6.78. The predicted molar refractivity (Wildman–Crippen MR) is 89.7 cm³/mol. The van der Waals surface area contributed by atoms with Crippen LogP contribution < -0.4 is 0 Å². The Bertz CT molecular complexity index is 750. The number of rotatable bonds is 5. The van der Waals surface area contributed by atoms with Gasteiger partial charge in [0.2, 0.25) is 5.91 Å². The van der Waals surface area contributed by atoms with Gasteiger partial charge in [-0.1, -0.05) is 47.5 Å². The number of halogens is 2. The minimum Gasteiger partial charge on any atom is -0.341 e. The first kappa shape index (κ1) is 17.2. The van der Waals surface area contributed by atoms with Crippen LogP contribution in [0.3, 0.4) is 0 Å². The molecule has 0 atom stereocenters. The minimum atomic E-state index is -0.455. The molecule has 0 aliphatic rings. The van der Waals surface area contributed by atoms with E-state index in [1.165, 1.54) is 11.0 Å². The zero-order valence-corrected chi connectivity index (χ0v) is 13.8. The number of hydrogen-bond acceptors (Lipinski definition) is 3. The topological polar surface area (TPSA) is 63.4 Å². The summed E-state index contributed by atoms with van der Waals surface area (Å²) in [5.41, 5.74) is 1.14. The molecule has 0 radical (unpaired) electrons. The highest BCUT2D eigenvalue weighted by molar-refractivity contribution is 6.35. The summed E-state index contributed by atoms with van der Waals surface area (Å²) >= 11 is 11.9. The van der Waals surface area contributed by atoms with E-state index >= 15 is 0 Å². The van der Waals surface area contributed by atoms with Gasteiger partial charge in [-0.25, -0.2) is 0 Å². The van der Waals surface area contributed by atoms with Crippen molar-refractivity contribution in [1.29, 1.82) is 0 Å². The zero-order chi connectivity index (χ0) is 17.0. The number of benzene rings is 2. The fourth-order valence-corrected chi connectivity index (χ4v) is 2.60. The van der Waals surface area contributed by atoms with Crippen LogP contribution in [-0.2, 0) is 17.8 Å². The molecule has 0 saturated heterocycles. The molecule has 7 heteroatoms. The van der Waals surface area contributed by atoms with Crippen molar-refractivity contribution in [1.82, 2.24) is 4.90 Å². The SMILES string of the molecule is CN(Cc1ccccc1[N+](=O)[O-])C(=O)Cc1ccc(Cl)cc1Cl. The van der Waals surface area contributed by atoms with Crippen molar-refractivity contribution < 1.29 is 9.72 Å². The molecule has 0 aromatic heterocycles. The van der Waals surface area contributed by atoms with Crippen LogP contribution in [0.1, 0.15) is 11.1 Å². The first-order valence-corrected chi connectivity index (χ1v) is 7.54. The molecule has 0 heterocycles. The van der Waals surface area contributed by atoms with E-state index in [4.69, 9.17) is 23.2 Å². The van der Waals surface area contributed by atoms with E-state index in [9.17, 15) is 14.9 Å². The van der Waals surface area contributed by atoms with Crippen molar-refractivity contribution in [2.75, 3.05) is 7.05 Å². The third-order valence-electron chi connectivity index (χ3n) is 3.38. The molecule has 23 heavy (non-hydrogen) atoms. The van der Waals surface area contributed by atoms with E-state index in [1.807, 2.05) is 0 Å². The van der Waals surface area contributed by atoms with Crippen LogP contribution >= 0.6 is 23.2 Å². The fraction of sp³-hybridized carbons (Fsp3) is 0.188. The Hall–Kier alpha value is -2.11. The Morgan fingerprint density at radius 3 is 2.52 bits per heavy atom. The molecule has 0 saturated carbocycles. The highest BCUT2D eigenvalue weighted by Gasteiger charge is 2.17. The van der Waals surface area contributed by atoms with Gasteiger partial charge >= 0.3 is 0 Å². The second kappa shape index (κ2) is 7.44. The Kier molecular flexibility index (Phi) is 5.58. The first-order chi connectivity index (χ1) is 10.9. The molecule has 0 unspecified atom stereocenters. The van der Waals surface area contributed by atoms with Crippen LogP contribution in [0.5, 0.6) is 0 Å². The number of carbonyl (C=O) groups excluding carboxylic acids is 1. The zero-order valence-electron chi connectivity index (χ0n) is 12.3. The lowest BCUT2D eigenvalue weighted by molar-refractivity contribution is -0.385. The number of para-hydroxylation sites is 1. The van der Waals surface area contributed by atoms with Crippen LogP contribution in [0, 0.1) is 10.1 Å². The molecule has 5 nitrogen and oxygen atoms in total. The Morgan fingerprint density at radius 1 is 1.17 bits per heavy atom. The van der Waals surface area contributed by atoms with E-state index in [0.29, 0.717) is 21.2 Å². The summed E-state index contributed by atoms with van der Waals surface area (Å²) in [7, 11) is 1.60. The second-order valence-corrected chi connectivity index (χ2v) is 5.89. The number of nitrogens with zero attached hydrogens (tertiary/aromatic N) is 2. The number of carbonyl (C=O) groups is 1. The van der Waals surface area contributed by atoms with Crippen LogP contribution in [-0.4, -0.2) is 22.8 Å². The van der Waals surface area contributed by atoms with Crippen molar-refractivity contribution in [3.05, 3.63) is 73.8 Å². The Balaban J connectivity index is 2.10. The molecular weight excluding hydrogens is 339 g/mol. The minimum absolute atomic E-state index is 0.00308. The third kappa shape index (κ3) is 4.43. The van der Waals surface area contributed by atoms with Gasteiger partial charge in [-0.05, 0) is 17.7 Å². The summed E-state index contributed by atoms with van der Waals surface area (Å²) in [5.74, 6) is -0.188. The summed E-state index contributed by atoms with van der Waals surface area (Å²) < 4.78 is 0. The standard InChI is InChI=1S/C16H14Cl2N2O3/c1-19(10-12-4-2-3-5-15(12)20(22)23)16(21)8-11-6-7-13(17)9-14(11)18/h2-7,9H,8,10H2,1H3. The van der Waals surface area contributed by atoms with Crippen LogP contribution in [0.4, 0.5) is 5.69 Å². The van der Waals surface area contributed by atoms with Crippen molar-refractivity contribution in [2.45, 2.75) is 13.0 Å². The summed E-state index contributed by atoms with van der Waals surface area (Å²) in [6.45, 7) is 0.154. The van der Waals surface area contributed by atoms with Gasteiger partial charge in [0.15, 0.2) is 0 Å². The van der Waals surface area contributed by atoms with Crippen molar-refractivity contribution in [3.63, 3.8) is 0 Å². The molecule has 0 aliphatic carbocycles. The van der Waals surface area contributed by atoms with Crippen molar-refractivity contribution in [2.24, 2.45) is 0 Å². The van der Waals surface area contributed by atoms with Gasteiger partial charge < -0.3 is 4.90 Å². The van der Waals surface area contributed by atoms with Crippen molar-refractivity contribution >= 4 is 34.8 Å². The van der Waals surface area contributed by atoms with Gasteiger partial charge in [0, 0.05) is 28.7 Å². The van der Waals surface area contributed by atoms with Gasteiger partial charge in [0.1, 0.15) is 0 Å². The van der Waals surface area contributed by atoms with Gasteiger partial charge in [-0.2, -0.15) is 0 Å². The van der Waals surface area contributed by atoms with Gasteiger partial charge in [0.05, 0.1) is 17.9 Å². The van der Waals surface area contributed by atoms with Crippen LogP contribution in [0.2, 0.25) is 10.0 Å². The monoisotopic (exact) mass is 352 g/mol. The molecular formula is C16H14Cl2N2O3. The van der Waals surface area contributed by atoms with Crippen molar-refractivity contribution in [3.8, 4) is 0 Å². The number of likely N-dealkylation sites (N-methyl/N-ethyl adjacent to an activating group) is 1. The molecule has 0 N–H and O–H groups in total. The largest absolute Gasteiger partial charge is 0.341 e. The summed E-state index contributed by atoms with van der Waals surface area (Å²) in [5, 5.41) is 11.9. The molecule has 0 bridgehead atoms. The maximum atomic E-state index is 12.3. The molecule has 120 valence electrons. The predicted octanol–water partition coefficient (Wildman–Crippen LogP) is 4.10. The van der Waals surface area contributed by atoms with Gasteiger partial charge in [-0.3, -0.25) is 14.9 Å². The third-order valence-corrected chi connectivity index (χ3v) is 3.97. The maximum absolute atomic E-state index is 12.3. The quantitative estimate of drug-likeness (QED) is 0.600. The molecule has 0 aliphatic heterocycles. The highest BCUT2D eigenvalue weighted by atomic mass is 35.5. The van der Waals surface area contributed by atoms with E-state index in [2.05, 4.69) is 0 Å². The molecule has 1 amide bonds. The lowest BCUT2D eigenvalue weighted by atomic mass is 10.1. The van der Waals surface area contributed by atoms with E-state index in [1.54, 1.807) is 43.4 Å². The molecule has 2 rings (SSSR count). The fourth-order valence-electron chi connectivity index (χ4n) is 2.13. The smallest absolute Gasteiger partial charge is 0.274 e.